The number of carboxylic acids is 1. The van der Waals surface area contributed by atoms with Crippen LogP contribution in [-0.4, -0.2) is 17.6 Å². The van der Waals surface area contributed by atoms with Crippen molar-refractivity contribution in [2.45, 2.75) is 26.8 Å². The number of carboxylic acid groups (broad SMARTS) is 1. The molecule has 106 valence electrons. The summed E-state index contributed by atoms with van der Waals surface area (Å²) in [5.74, 6) is -2.43. The largest absolute Gasteiger partial charge is 0.481 e. The number of benzene rings is 1. The minimum Gasteiger partial charge on any atom is -0.481 e. The first-order chi connectivity index (χ1) is 8.91. The number of aliphatic carboxylic acids is 1. The second kappa shape index (κ2) is 7.19. The van der Waals surface area contributed by atoms with Gasteiger partial charge in [0.05, 0.1) is 5.92 Å². The number of rotatable bonds is 7. The Balaban J connectivity index is 2.54. The molecule has 0 heterocycles. The topological polar surface area (TPSA) is 49.3 Å². The molecule has 0 bridgehead atoms. The van der Waals surface area contributed by atoms with Gasteiger partial charge in [0.15, 0.2) is 0 Å². The van der Waals surface area contributed by atoms with Gasteiger partial charge in [-0.3, -0.25) is 4.79 Å². The van der Waals surface area contributed by atoms with E-state index in [1.807, 2.05) is 13.8 Å². The van der Waals surface area contributed by atoms with E-state index in [0.717, 1.165) is 0 Å². The van der Waals surface area contributed by atoms with Crippen LogP contribution in [0.15, 0.2) is 18.2 Å². The molecular weight excluding hydrogens is 252 g/mol. The van der Waals surface area contributed by atoms with Gasteiger partial charge in [0.25, 0.3) is 0 Å². The van der Waals surface area contributed by atoms with Crippen LogP contribution in [0.2, 0.25) is 0 Å². The molecule has 5 heteroatoms. The summed E-state index contributed by atoms with van der Waals surface area (Å²) in [7, 11) is 0. The Hall–Kier alpha value is -1.49. The molecule has 0 aliphatic rings. The van der Waals surface area contributed by atoms with Gasteiger partial charge in [0.2, 0.25) is 0 Å². The van der Waals surface area contributed by atoms with Crippen molar-refractivity contribution in [2.75, 3.05) is 6.54 Å². The van der Waals surface area contributed by atoms with Gasteiger partial charge in [-0.2, -0.15) is 0 Å². The van der Waals surface area contributed by atoms with Gasteiger partial charge in [-0.15, -0.1) is 0 Å². The molecule has 3 nitrogen and oxygen atoms in total. The van der Waals surface area contributed by atoms with Crippen molar-refractivity contribution in [2.24, 2.45) is 11.8 Å². The first-order valence-corrected chi connectivity index (χ1v) is 6.28. The summed E-state index contributed by atoms with van der Waals surface area (Å²) in [6.45, 7) is 4.06. The smallest absolute Gasteiger partial charge is 0.307 e. The monoisotopic (exact) mass is 271 g/mol. The molecule has 0 saturated heterocycles. The van der Waals surface area contributed by atoms with Crippen molar-refractivity contribution in [1.82, 2.24) is 5.32 Å². The lowest BCUT2D eigenvalue weighted by Crippen LogP contribution is -2.29. The Morgan fingerprint density at radius 1 is 1.32 bits per heavy atom. The molecule has 1 rings (SSSR count). The fourth-order valence-corrected chi connectivity index (χ4v) is 1.91. The van der Waals surface area contributed by atoms with E-state index in [2.05, 4.69) is 5.32 Å². The fourth-order valence-electron chi connectivity index (χ4n) is 1.91. The minimum atomic E-state index is -0.893. The van der Waals surface area contributed by atoms with Crippen LogP contribution in [0, 0.1) is 23.5 Å². The van der Waals surface area contributed by atoms with Crippen molar-refractivity contribution in [3.8, 4) is 0 Å². The molecule has 1 unspecified atom stereocenters. The molecule has 19 heavy (non-hydrogen) atoms. The average molecular weight is 271 g/mol. The second-order valence-corrected chi connectivity index (χ2v) is 5.00. The third-order valence-electron chi connectivity index (χ3n) is 2.86. The maximum absolute atomic E-state index is 13.3. The zero-order chi connectivity index (χ0) is 14.4. The fraction of sp³-hybridized carbons (Fsp3) is 0.500. The summed E-state index contributed by atoms with van der Waals surface area (Å²) >= 11 is 0. The number of hydrogen-bond donors (Lipinski definition) is 2. The van der Waals surface area contributed by atoms with E-state index in [1.165, 1.54) is 18.2 Å². The van der Waals surface area contributed by atoms with Crippen LogP contribution < -0.4 is 5.32 Å². The highest BCUT2D eigenvalue weighted by atomic mass is 19.1. The third kappa shape index (κ3) is 4.95. The van der Waals surface area contributed by atoms with Crippen LogP contribution in [0.5, 0.6) is 0 Å². The van der Waals surface area contributed by atoms with E-state index in [0.29, 0.717) is 6.42 Å². The summed E-state index contributed by atoms with van der Waals surface area (Å²) in [4.78, 5) is 11.0. The van der Waals surface area contributed by atoms with Crippen molar-refractivity contribution >= 4 is 5.97 Å². The normalized spacial score (nSPS) is 12.7. The standard InChI is InChI=1S/C14H19F2NO2/c1-9(2)6-10(14(18)19)7-17-8-11-12(15)4-3-5-13(11)16/h3-5,9-10,17H,6-8H2,1-2H3,(H,18,19). The Morgan fingerprint density at radius 3 is 2.37 bits per heavy atom. The van der Waals surface area contributed by atoms with E-state index in [4.69, 9.17) is 5.11 Å². The van der Waals surface area contributed by atoms with E-state index >= 15 is 0 Å². The molecular formula is C14H19F2NO2. The van der Waals surface area contributed by atoms with Gasteiger partial charge in [-0.05, 0) is 24.5 Å². The predicted molar refractivity (Wildman–Crippen MR) is 68.6 cm³/mol. The third-order valence-corrected chi connectivity index (χ3v) is 2.86. The molecule has 0 radical (unpaired) electrons. The van der Waals surface area contributed by atoms with Crippen LogP contribution in [0.25, 0.3) is 0 Å². The van der Waals surface area contributed by atoms with Crippen molar-refractivity contribution < 1.29 is 18.7 Å². The Morgan fingerprint density at radius 2 is 1.89 bits per heavy atom. The molecule has 0 aliphatic carbocycles. The van der Waals surface area contributed by atoms with Crippen LogP contribution in [-0.2, 0) is 11.3 Å². The lowest BCUT2D eigenvalue weighted by Gasteiger charge is -2.15. The van der Waals surface area contributed by atoms with Gasteiger partial charge >= 0.3 is 5.97 Å². The maximum atomic E-state index is 13.3. The van der Waals surface area contributed by atoms with Crippen LogP contribution in [0.1, 0.15) is 25.8 Å². The van der Waals surface area contributed by atoms with Crippen molar-refractivity contribution in [3.05, 3.63) is 35.4 Å². The SMILES string of the molecule is CC(C)CC(CNCc1c(F)cccc1F)C(=O)O. The molecule has 0 spiro atoms. The molecule has 2 N–H and O–H groups in total. The van der Waals surface area contributed by atoms with Gasteiger partial charge in [-0.25, -0.2) is 8.78 Å². The Bertz CT molecular complexity index is 415. The highest BCUT2D eigenvalue weighted by Gasteiger charge is 2.18. The van der Waals surface area contributed by atoms with Gasteiger partial charge < -0.3 is 10.4 Å². The van der Waals surface area contributed by atoms with Crippen LogP contribution >= 0.6 is 0 Å². The van der Waals surface area contributed by atoms with Gasteiger partial charge in [0.1, 0.15) is 11.6 Å². The highest BCUT2D eigenvalue weighted by Crippen LogP contribution is 2.13. The van der Waals surface area contributed by atoms with E-state index in [9.17, 15) is 13.6 Å². The maximum Gasteiger partial charge on any atom is 0.307 e. The molecule has 0 aromatic heterocycles. The average Bonchev–Trinajstić information content (AvgIpc) is 2.30. The zero-order valence-corrected chi connectivity index (χ0v) is 11.1. The summed E-state index contributed by atoms with van der Waals surface area (Å²) < 4.78 is 26.7. The number of nitrogens with one attached hydrogen (secondary N) is 1. The molecule has 0 amide bonds. The van der Waals surface area contributed by atoms with Crippen LogP contribution in [0.4, 0.5) is 8.78 Å². The summed E-state index contributed by atoms with van der Waals surface area (Å²) in [6, 6.07) is 3.67. The lowest BCUT2D eigenvalue weighted by molar-refractivity contribution is -0.142. The van der Waals surface area contributed by atoms with Gasteiger partial charge in [-0.1, -0.05) is 19.9 Å². The second-order valence-electron chi connectivity index (χ2n) is 5.00. The summed E-state index contributed by atoms with van der Waals surface area (Å²) in [6.07, 6.45) is 0.530. The summed E-state index contributed by atoms with van der Waals surface area (Å²) in [5.41, 5.74) is -0.0591. The molecule has 0 saturated carbocycles. The molecule has 1 aromatic rings. The molecule has 1 aromatic carbocycles. The van der Waals surface area contributed by atoms with E-state index in [-0.39, 0.29) is 24.6 Å². The summed E-state index contributed by atoms with van der Waals surface area (Å²) in [5, 5.41) is 11.8. The first-order valence-electron chi connectivity index (χ1n) is 6.28. The van der Waals surface area contributed by atoms with E-state index < -0.39 is 23.5 Å². The highest BCUT2D eigenvalue weighted by molar-refractivity contribution is 5.70. The lowest BCUT2D eigenvalue weighted by atomic mass is 9.97. The van der Waals surface area contributed by atoms with Crippen LogP contribution in [0.3, 0.4) is 0 Å². The predicted octanol–water partition coefficient (Wildman–Crippen LogP) is 2.80. The molecule has 1 atom stereocenters. The van der Waals surface area contributed by atoms with Crippen molar-refractivity contribution in [3.63, 3.8) is 0 Å². The quantitative estimate of drug-likeness (QED) is 0.801. The first kappa shape index (κ1) is 15.6. The molecule has 0 fully saturated rings. The minimum absolute atomic E-state index is 0.0135. The Labute approximate surface area is 111 Å². The van der Waals surface area contributed by atoms with E-state index in [1.54, 1.807) is 0 Å². The molecule has 0 aliphatic heterocycles. The van der Waals surface area contributed by atoms with Gasteiger partial charge in [0, 0.05) is 18.7 Å². The van der Waals surface area contributed by atoms with Crippen molar-refractivity contribution in [1.29, 1.82) is 0 Å². The number of carbonyl (C=O) groups is 1. The number of hydrogen-bond acceptors (Lipinski definition) is 2. The zero-order valence-electron chi connectivity index (χ0n) is 11.1. The number of halogens is 2. The Kier molecular flexibility index (Phi) is 5.89.